The van der Waals surface area contributed by atoms with Gasteiger partial charge in [-0.1, -0.05) is 42.5 Å². The van der Waals surface area contributed by atoms with E-state index in [1.165, 1.54) is 11.6 Å². The van der Waals surface area contributed by atoms with Gasteiger partial charge in [0.15, 0.2) is 0 Å². The quantitative estimate of drug-likeness (QED) is 0.682. The Hall–Kier alpha value is -2.23. The SMILES string of the molecule is FC(F)(F)c1ccc2c(c1)[C@@H]1C=CC[C@@H]1[C@H](c1ccccc1)N2. The number of fused-ring (bicyclic) bond motifs is 3. The summed E-state index contributed by atoms with van der Waals surface area (Å²) >= 11 is 0. The van der Waals surface area contributed by atoms with E-state index in [0.717, 1.165) is 23.7 Å². The molecule has 0 saturated heterocycles. The molecule has 0 radical (unpaired) electrons. The lowest BCUT2D eigenvalue weighted by molar-refractivity contribution is -0.137. The Labute approximate surface area is 132 Å². The average Bonchev–Trinajstić information content (AvgIpc) is 3.03. The number of alkyl halides is 3. The fourth-order valence-electron chi connectivity index (χ4n) is 3.76. The zero-order valence-electron chi connectivity index (χ0n) is 12.3. The Morgan fingerprint density at radius 2 is 1.78 bits per heavy atom. The van der Waals surface area contributed by atoms with E-state index in [2.05, 4.69) is 29.6 Å². The fraction of sp³-hybridized carbons (Fsp3) is 0.263. The normalized spacial score (nSPS) is 25.6. The molecule has 1 N–H and O–H groups in total. The first-order valence-corrected chi connectivity index (χ1v) is 7.73. The van der Waals surface area contributed by atoms with Crippen LogP contribution in [-0.2, 0) is 6.18 Å². The van der Waals surface area contributed by atoms with E-state index in [-0.39, 0.29) is 17.9 Å². The van der Waals surface area contributed by atoms with Crippen LogP contribution in [0, 0.1) is 5.92 Å². The predicted molar refractivity (Wildman–Crippen MR) is 84.2 cm³/mol. The van der Waals surface area contributed by atoms with Gasteiger partial charge in [0.1, 0.15) is 0 Å². The van der Waals surface area contributed by atoms with Crippen molar-refractivity contribution in [2.45, 2.75) is 24.6 Å². The Bertz CT molecular complexity index is 749. The molecule has 2 aliphatic rings. The number of hydrogen-bond donors (Lipinski definition) is 1. The molecular formula is C19H16F3N. The number of rotatable bonds is 1. The van der Waals surface area contributed by atoms with Crippen molar-refractivity contribution in [1.82, 2.24) is 0 Å². The molecule has 23 heavy (non-hydrogen) atoms. The van der Waals surface area contributed by atoms with E-state index in [9.17, 15) is 13.2 Å². The van der Waals surface area contributed by atoms with E-state index in [1.807, 2.05) is 18.2 Å². The molecule has 0 aromatic heterocycles. The molecule has 1 heterocycles. The molecular weight excluding hydrogens is 299 g/mol. The van der Waals surface area contributed by atoms with E-state index < -0.39 is 11.7 Å². The van der Waals surface area contributed by atoms with Gasteiger partial charge in [0, 0.05) is 11.6 Å². The lowest BCUT2D eigenvalue weighted by Gasteiger charge is -2.37. The summed E-state index contributed by atoms with van der Waals surface area (Å²) in [4.78, 5) is 0. The van der Waals surface area contributed by atoms with Gasteiger partial charge in [0.25, 0.3) is 0 Å². The Balaban J connectivity index is 1.78. The highest BCUT2D eigenvalue weighted by molar-refractivity contribution is 5.61. The second-order valence-electron chi connectivity index (χ2n) is 6.19. The van der Waals surface area contributed by atoms with Crippen LogP contribution in [0.25, 0.3) is 0 Å². The first kappa shape index (κ1) is 14.4. The van der Waals surface area contributed by atoms with Crippen LogP contribution < -0.4 is 5.32 Å². The molecule has 1 aliphatic carbocycles. The van der Waals surface area contributed by atoms with Gasteiger partial charge in [0.2, 0.25) is 0 Å². The third kappa shape index (κ3) is 2.42. The lowest BCUT2D eigenvalue weighted by Crippen LogP contribution is -2.29. The van der Waals surface area contributed by atoms with Crippen LogP contribution in [0.2, 0.25) is 0 Å². The number of nitrogens with one attached hydrogen (secondary N) is 1. The minimum Gasteiger partial charge on any atom is -0.378 e. The largest absolute Gasteiger partial charge is 0.416 e. The first-order chi connectivity index (χ1) is 11.0. The van der Waals surface area contributed by atoms with E-state index >= 15 is 0 Å². The van der Waals surface area contributed by atoms with Crippen LogP contribution in [0.4, 0.5) is 18.9 Å². The Morgan fingerprint density at radius 1 is 1.00 bits per heavy atom. The molecule has 2 aromatic rings. The third-order valence-corrected chi connectivity index (χ3v) is 4.85. The minimum absolute atomic E-state index is 0.0405. The standard InChI is InChI=1S/C19H16F3N/c20-19(21,22)13-9-10-17-16(11-13)14-7-4-8-15(14)18(23-17)12-5-2-1-3-6-12/h1-7,9-11,14-15,18,23H,8H2/t14-,15+,18+/m1/s1. The maximum atomic E-state index is 13.0. The number of hydrogen-bond acceptors (Lipinski definition) is 1. The van der Waals surface area contributed by atoms with Crippen LogP contribution in [0.15, 0.2) is 60.7 Å². The van der Waals surface area contributed by atoms with Gasteiger partial charge in [-0.25, -0.2) is 0 Å². The van der Waals surface area contributed by atoms with Gasteiger partial charge in [-0.2, -0.15) is 13.2 Å². The van der Waals surface area contributed by atoms with Gasteiger partial charge in [0.05, 0.1) is 11.6 Å². The monoisotopic (exact) mass is 315 g/mol. The maximum absolute atomic E-state index is 13.0. The van der Waals surface area contributed by atoms with Crippen molar-refractivity contribution in [3.8, 4) is 0 Å². The van der Waals surface area contributed by atoms with Crippen molar-refractivity contribution in [2.24, 2.45) is 5.92 Å². The van der Waals surface area contributed by atoms with Crippen LogP contribution >= 0.6 is 0 Å². The highest BCUT2D eigenvalue weighted by atomic mass is 19.4. The Morgan fingerprint density at radius 3 is 2.52 bits per heavy atom. The summed E-state index contributed by atoms with van der Waals surface area (Å²) in [6, 6.07) is 14.3. The highest BCUT2D eigenvalue weighted by Gasteiger charge is 2.39. The van der Waals surface area contributed by atoms with Crippen molar-refractivity contribution >= 4 is 5.69 Å². The molecule has 0 spiro atoms. The summed E-state index contributed by atoms with van der Waals surface area (Å²) in [7, 11) is 0. The zero-order chi connectivity index (χ0) is 16.0. The molecule has 0 amide bonds. The molecule has 0 fully saturated rings. The van der Waals surface area contributed by atoms with Crippen molar-refractivity contribution in [3.63, 3.8) is 0 Å². The van der Waals surface area contributed by atoms with Crippen molar-refractivity contribution in [3.05, 3.63) is 77.4 Å². The number of anilines is 1. The van der Waals surface area contributed by atoms with Gasteiger partial charge in [-0.05, 0) is 41.7 Å². The van der Waals surface area contributed by atoms with Gasteiger partial charge in [-0.3, -0.25) is 0 Å². The molecule has 0 bridgehead atoms. The second-order valence-corrected chi connectivity index (χ2v) is 6.19. The molecule has 3 atom stereocenters. The smallest absolute Gasteiger partial charge is 0.378 e. The number of halogens is 3. The molecule has 0 saturated carbocycles. The molecule has 2 aromatic carbocycles. The van der Waals surface area contributed by atoms with Gasteiger partial charge < -0.3 is 5.32 Å². The maximum Gasteiger partial charge on any atom is 0.416 e. The van der Waals surface area contributed by atoms with Crippen LogP contribution in [0.1, 0.15) is 35.1 Å². The lowest BCUT2D eigenvalue weighted by atomic mass is 9.76. The third-order valence-electron chi connectivity index (χ3n) is 4.85. The first-order valence-electron chi connectivity index (χ1n) is 7.73. The van der Waals surface area contributed by atoms with Crippen molar-refractivity contribution < 1.29 is 13.2 Å². The minimum atomic E-state index is -4.30. The number of allylic oxidation sites excluding steroid dienone is 2. The molecule has 118 valence electrons. The fourth-order valence-corrected chi connectivity index (χ4v) is 3.76. The highest BCUT2D eigenvalue weighted by Crippen LogP contribution is 2.50. The molecule has 4 heteroatoms. The van der Waals surface area contributed by atoms with Gasteiger partial charge >= 0.3 is 6.18 Å². The van der Waals surface area contributed by atoms with Crippen molar-refractivity contribution in [2.75, 3.05) is 5.32 Å². The van der Waals surface area contributed by atoms with E-state index in [1.54, 1.807) is 6.07 Å². The van der Waals surface area contributed by atoms with Crippen LogP contribution in [-0.4, -0.2) is 0 Å². The molecule has 0 unspecified atom stereocenters. The summed E-state index contributed by atoms with van der Waals surface area (Å²) in [5.74, 6) is 0.298. The zero-order valence-corrected chi connectivity index (χ0v) is 12.3. The summed E-state index contributed by atoms with van der Waals surface area (Å²) < 4.78 is 39.0. The summed E-state index contributed by atoms with van der Waals surface area (Å²) in [5, 5.41) is 3.46. The summed E-state index contributed by atoms with van der Waals surface area (Å²) in [6.45, 7) is 0. The number of benzene rings is 2. The molecule has 4 rings (SSSR count). The van der Waals surface area contributed by atoms with E-state index in [4.69, 9.17) is 0 Å². The van der Waals surface area contributed by atoms with Crippen LogP contribution in [0.3, 0.4) is 0 Å². The Kier molecular flexibility index (Phi) is 3.22. The van der Waals surface area contributed by atoms with Gasteiger partial charge in [-0.15, -0.1) is 0 Å². The summed E-state index contributed by atoms with van der Waals surface area (Å²) in [6.07, 6.45) is 0.721. The van der Waals surface area contributed by atoms with E-state index in [0.29, 0.717) is 0 Å². The average molecular weight is 315 g/mol. The molecule has 1 nitrogen and oxygen atoms in total. The second kappa shape index (κ2) is 5.15. The van der Waals surface area contributed by atoms with Crippen molar-refractivity contribution in [1.29, 1.82) is 0 Å². The predicted octanol–water partition coefficient (Wildman–Crippen LogP) is 5.53. The summed E-state index contributed by atoms with van der Waals surface area (Å²) in [5.41, 5.74) is 2.16. The molecule has 1 aliphatic heterocycles. The van der Waals surface area contributed by atoms with Crippen LogP contribution in [0.5, 0.6) is 0 Å². The topological polar surface area (TPSA) is 12.0 Å².